The molecule has 2 rings (SSSR count). The summed E-state index contributed by atoms with van der Waals surface area (Å²) in [7, 11) is 0. The van der Waals surface area contributed by atoms with Crippen LogP contribution in [0.4, 0.5) is 0 Å². The Labute approximate surface area is 51.9 Å². The van der Waals surface area contributed by atoms with Crippen molar-refractivity contribution in [3.05, 3.63) is 12.2 Å². The molecule has 0 aromatic rings. The van der Waals surface area contributed by atoms with Crippen molar-refractivity contribution in [2.75, 3.05) is 6.61 Å². The lowest BCUT2D eigenvalue weighted by Crippen LogP contribution is -2.30. The molecule has 2 atom stereocenters. The van der Waals surface area contributed by atoms with Gasteiger partial charge in [-0.1, -0.05) is 0 Å². The van der Waals surface area contributed by atoms with Crippen LogP contribution in [0, 0.1) is 0 Å². The van der Waals surface area contributed by atoms with Crippen LogP contribution in [0.5, 0.6) is 0 Å². The summed E-state index contributed by atoms with van der Waals surface area (Å²) in [5, 5.41) is 9.06. The Morgan fingerprint density at radius 2 is 2.56 bits per heavy atom. The summed E-state index contributed by atoms with van der Waals surface area (Å²) in [5.74, 6) is -0.102. The topological polar surface area (TPSA) is 49.8 Å². The van der Waals surface area contributed by atoms with E-state index < -0.39 is 11.7 Å². The maximum absolute atomic E-state index is 10.8. The number of ether oxygens (including phenoxy) is 1. The van der Waals surface area contributed by atoms with Gasteiger partial charge in [-0.2, -0.15) is 0 Å². The molecule has 1 heterocycles. The standard InChI is InChI=1S/C6H6O3/c7-4-1-2-5(8)6(4)3-9-6/h1-2,4,7H,3H2/t4-,6+/m0/s1. The Kier molecular flexibility index (Phi) is 0.714. The fraction of sp³-hybridized carbons (Fsp3) is 0.500. The molecular formula is C6H6O3. The maximum Gasteiger partial charge on any atom is 0.192 e. The van der Waals surface area contributed by atoms with Gasteiger partial charge in [-0.05, 0) is 12.2 Å². The molecule has 0 saturated carbocycles. The molecule has 3 heteroatoms. The molecule has 48 valence electrons. The zero-order valence-corrected chi connectivity index (χ0v) is 4.70. The van der Waals surface area contributed by atoms with E-state index in [-0.39, 0.29) is 5.78 Å². The number of epoxide rings is 1. The molecule has 0 unspecified atom stereocenters. The molecule has 0 bridgehead atoms. The smallest absolute Gasteiger partial charge is 0.192 e. The van der Waals surface area contributed by atoms with Crippen LogP contribution in [-0.2, 0) is 9.53 Å². The van der Waals surface area contributed by atoms with Gasteiger partial charge in [0.1, 0.15) is 6.10 Å². The van der Waals surface area contributed by atoms with Crippen molar-refractivity contribution in [2.45, 2.75) is 11.7 Å². The molecule has 0 amide bonds. The van der Waals surface area contributed by atoms with Crippen LogP contribution >= 0.6 is 0 Å². The zero-order valence-electron chi connectivity index (χ0n) is 4.70. The number of carbonyl (C=O) groups excluding carboxylic acids is 1. The SMILES string of the molecule is O=C1C=C[C@H](O)[C@]12CO2. The first kappa shape index (κ1) is 5.14. The summed E-state index contributed by atoms with van der Waals surface area (Å²) in [6, 6.07) is 0. The van der Waals surface area contributed by atoms with E-state index in [4.69, 9.17) is 9.84 Å². The Morgan fingerprint density at radius 3 is 2.78 bits per heavy atom. The highest BCUT2D eigenvalue weighted by Gasteiger charge is 2.58. The monoisotopic (exact) mass is 126 g/mol. The molecule has 1 aliphatic carbocycles. The highest BCUT2D eigenvalue weighted by atomic mass is 16.6. The predicted molar refractivity (Wildman–Crippen MR) is 28.8 cm³/mol. The summed E-state index contributed by atoms with van der Waals surface area (Å²) >= 11 is 0. The van der Waals surface area contributed by atoms with Gasteiger partial charge >= 0.3 is 0 Å². The van der Waals surface area contributed by atoms with Crippen LogP contribution in [0.15, 0.2) is 12.2 Å². The molecule has 3 nitrogen and oxygen atoms in total. The Balaban J connectivity index is 2.34. The largest absolute Gasteiger partial charge is 0.385 e. The molecule has 1 spiro atoms. The van der Waals surface area contributed by atoms with Gasteiger partial charge in [-0.25, -0.2) is 0 Å². The molecule has 0 radical (unpaired) electrons. The van der Waals surface area contributed by atoms with Crippen molar-refractivity contribution >= 4 is 5.78 Å². The third-order valence-electron chi connectivity index (χ3n) is 1.78. The normalized spacial score (nSPS) is 46.8. The lowest BCUT2D eigenvalue weighted by Gasteiger charge is -2.03. The van der Waals surface area contributed by atoms with E-state index in [9.17, 15) is 4.79 Å². The number of hydrogen-bond donors (Lipinski definition) is 1. The van der Waals surface area contributed by atoms with Gasteiger partial charge in [-0.3, -0.25) is 4.79 Å². The molecule has 0 aromatic carbocycles. The molecule has 2 aliphatic rings. The lowest BCUT2D eigenvalue weighted by molar-refractivity contribution is -0.120. The first-order valence-electron chi connectivity index (χ1n) is 2.80. The third-order valence-corrected chi connectivity index (χ3v) is 1.78. The van der Waals surface area contributed by atoms with Crippen molar-refractivity contribution in [1.29, 1.82) is 0 Å². The average Bonchev–Trinajstić information content (AvgIpc) is 2.56. The number of carbonyl (C=O) groups is 1. The van der Waals surface area contributed by atoms with Crippen molar-refractivity contribution in [3.8, 4) is 0 Å². The zero-order chi connectivity index (χ0) is 6.48. The minimum Gasteiger partial charge on any atom is -0.385 e. The average molecular weight is 126 g/mol. The summed E-state index contributed by atoms with van der Waals surface area (Å²) < 4.78 is 4.82. The highest BCUT2D eigenvalue weighted by Crippen LogP contribution is 2.36. The van der Waals surface area contributed by atoms with Crippen LogP contribution in [0.2, 0.25) is 0 Å². The fourth-order valence-electron chi connectivity index (χ4n) is 1.01. The second-order valence-corrected chi connectivity index (χ2v) is 2.35. The van der Waals surface area contributed by atoms with E-state index in [2.05, 4.69) is 0 Å². The van der Waals surface area contributed by atoms with E-state index in [0.29, 0.717) is 6.61 Å². The third kappa shape index (κ3) is 0.458. The van der Waals surface area contributed by atoms with E-state index in [0.717, 1.165) is 0 Å². The van der Waals surface area contributed by atoms with Crippen molar-refractivity contribution < 1.29 is 14.6 Å². The number of ketones is 1. The van der Waals surface area contributed by atoms with Gasteiger partial charge in [0, 0.05) is 0 Å². The Morgan fingerprint density at radius 1 is 1.89 bits per heavy atom. The Hall–Kier alpha value is -0.670. The summed E-state index contributed by atoms with van der Waals surface area (Å²) in [6.45, 7) is 0.375. The maximum atomic E-state index is 10.8. The van der Waals surface area contributed by atoms with Gasteiger partial charge < -0.3 is 9.84 Å². The summed E-state index contributed by atoms with van der Waals surface area (Å²) in [4.78, 5) is 10.8. The van der Waals surface area contributed by atoms with Crippen molar-refractivity contribution in [1.82, 2.24) is 0 Å². The van der Waals surface area contributed by atoms with Crippen LogP contribution in [0.3, 0.4) is 0 Å². The second kappa shape index (κ2) is 1.25. The minimum atomic E-state index is -0.833. The molecule has 1 N–H and O–H groups in total. The van der Waals surface area contributed by atoms with Gasteiger partial charge in [0.2, 0.25) is 0 Å². The summed E-state index contributed by atoms with van der Waals surface area (Å²) in [6.07, 6.45) is 2.14. The number of rotatable bonds is 0. The molecule has 1 aliphatic heterocycles. The number of hydrogen-bond acceptors (Lipinski definition) is 3. The molecular weight excluding hydrogens is 120 g/mol. The number of aliphatic hydroxyl groups excluding tert-OH is 1. The van der Waals surface area contributed by atoms with Crippen LogP contribution in [0.25, 0.3) is 0 Å². The minimum absolute atomic E-state index is 0.102. The highest BCUT2D eigenvalue weighted by molar-refractivity contribution is 6.02. The molecule has 0 aromatic heterocycles. The second-order valence-electron chi connectivity index (χ2n) is 2.35. The first-order chi connectivity index (χ1) is 4.26. The lowest BCUT2D eigenvalue weighted by atomic mass is 10.1. The van der Waals surface area contributed by atoms with Gasteiger partial charge in [0.25, 0.3) is 0 Å². The van der Waals surface area contributed by atoms with Crippen LogP contribution < -0.4 is 0 Å². The molecule has 1 fully saturated rings. The van der Waals surface area contributed by atoms with Gasteiger partial charge in [0.05, 0.1) is 6.61 Å². The van der Waals surface area contributed by atoms with E-state index in [1.165, 1.54) is 12.2 Å². The van der Waals surface area contributed by atoms with Crippen molar-refractivity contribution in [3.63, 3.8) is 0 Å². The Bertz CT molecular complexity index is 190. The van der Waals surface area contributed by atoms with E-state index in [1.54, 1.807) is 0 Å². The summed E-state index contributed by atoms with van der Waals surface area (Å²) in [5.41, 5.74) is -0.833. The predicted octanol–water partition coefficient (Wildman–Crippen LogP) is -0.745. The van der Waals surface area contributed by atoms with E-state index >= 15 is 0 Å². The van der Waals surface area contributed by atoms with Crippen molar-refractivity contribution in [2.24, 2.45) is 0 Å². The molecule has 9 heavy (non-hydrogen) atoms. The van der Waals surface area contributed by atoms with Crippen LogP contribution in [0.1, 0.15) is 0 Å². The van der Waals surface area contributed by atoms with Crippen LogP contribution in [-0.4, -0.2) is 29.2 Å². The van der Waals surface area contributed by atoms with Gasteiger partial charge in [0.15, 0.2) is 11.4 Å². The fourth-order valence-corrected chi connectivity index (χ4v) is 1.01. The quantitative estimate of drug-likeness (QED) is 0.435. The first-order valence-corrected chi connectivity index (χ1v) is 2.80. The number of aliphatic hydroxyl groups is 1. The van der Waals surface area contributed by atoms with Gasteiger partial charge in [-0.15, -0.1) is 0 Å². The van der Waals surface area contributed by atoms with E-state index in [1.807, 2.05) is 0 Å². The molecule has 1 saturated heterocycles.